The maximum absolute atomic E-state index is 11.8. The lowest BCUT2D eigenvalue weighted by molar-refractivity contribution is -0.136. The highest BCUT2D eigenvalue weighted by molar-refractivity contribution is 6.39. The monoisotopic (exact) mass is 342 g/mol. The minimum Gasteiger partial charge on any atom is -0.494 e. The van der Waals surface area contributed by atoms with Crippen molar-refractivity contribution in [2.24, 2.45) is 0 Å². The summed E-state index contributed by atoms with van der Waals surface area (Å²) >= 11 is 0. The van der Waals surface area contributed by atoms with Crippen molar-refractivity contribution in [1.29, 1.82) is 0 Å². The molecule has 0 aliphatic rings. The van der Waals surface area contributed by atoms with Crippen LogP contribution < -0.4 is 20.1 Å². The van der Waals surface area contributed by atoms with Crippen molar-refractivity contribution in [3.63, 3.8) is 0 Å². The highest BCUT2D eigenvalue weighted by Crippen LogP contribution is 2.16. The third-order valence-electron chi connectivity index (χ3n) is 3.37. The predicted octanol–water partition coefficient (Wildman–Crippen LogP) is 2.53. The van der Waals surface area contributed by atoms with E-state index in [1.807, 2.05) is 38.1 Å². The zero-order valence-corrected chi connectivity index (χ0v) is 14.4. The maximum Gasteiger partial charge on any atom is 0.313 e. The molecule has 2 N–H and O–H groups in total. The summed E-state index contributed by atoms with van der Waals surface area (Å²) in [7, 11) is 0. The minimum absolute atomic E-state index is 0.240. The van der Waals surface area contributed by atoms with Gasteiger partial charge in [-0.15, -0.1) is 0 Å². The molecular formula is C19H22N2O4. The molecule has 0 spiro atoms. The number of aryl methyl sites for hydroxylation is 1. The molecule has 0 heterocycles. The fraction of sp³-hybridized carbons (Fsp3) is 0.263. The summed E-state index contributed by atoms with van der Waals surface area (Å²) in [6.07, 6.45) is 0. The van der Waals surface area contributed by atoms with Crippen molar-refractivity contribution in [1.82, 2.24) is 5.32 Å². The molecule has 0 aliphatic carbocycles. The topological polar surface area (TPSA) is 76.7 Å². The summed E-state index contributed by atoms with van der Waals surface area (Å²) in [6.45, 7) is 4.93. The van der Waals surface area contributed by atoms with E-state index in [4.69, 9.17) is 9.47 Å². The van der Waals surface area contributed by atoms with Crippen LogP contribution in [0.5, 0.6) is 11.5 Å². The first-order valence-electron chi connectivity index (χ1n) is 8.10. The number of carbonyl (C=O) groups excluding carboxylic acids is 2. The van der Waals surface area contributed by atoms with Gasteiger partial charge in [-0.25, -0.2) is 0 Å². The van der Waals surface area contributed by atoms with Gasteiger partial charge in [-0.05, 0) is 49.7 Å². The number of amides is 2. The second kappa shape index (κ2) is 9.32. The van der Waals surface area contributed by atoms with Crippen LogP contribution in [0.1, 0.15) is 12.5 Å². The van der Waals surface area contributed by atoms with E-state index in [1.54, 1.807) is 24.3 Å². The van der Waals surface area contributed by atoms with Crippen LogP contribution in [0.2, 0.25) is 0 Å². The van der Waals surface area contributed by atoms with E-state index in [0.717, 1.165) is 11.3 Å². The Bertz CT molecular complexity index is 714. The Morgan fingerprint density at radius 1 is 0.960 bits per heavy atom. The second-order valence-corrected chi connectivity index (χ2v) is 5.28. The molecule has 0 aromatic heterocycles. The van der Waals surface area contributed by atoms with Crippen molar-refractivity contribution in [2.45, 2.75) is 13.8 Å². The lowest BCUT2D eigenvalue weighted by Crippen LogP contribution is -2.37. The molecule has 2 aromatic rings. The van der Waals surface area contributed by atoms with E-state index in [9.17, 15) is 9.59 Å². The third-order valence-corrected chi connectivity index (χ3v) is 3.37. The van der Waals surface area contributed by atoms with Crippen molar-refractivity contribution >= 4 is 17.5 Å². The number of anilines is 1. The van der Waals surface area contributed by atoms with E-state index in [0.29, 0.717) is 18.0 Å². The van der Waals surface area contributed by atoms with E-state index in [1.165, 1.54) is 0 Å². The molecule has 0 aliphatic heterocycles. The number of para-hydroxylation sites is 1. The number of carbonyl (C=O) groups is 2. The van der Waals surface area contributed by atoms with Gasteiger partial charge < -0.3 is 20.1 Å². The average molecular weight is 342 g/mol. The highest BCUT2D eigenvalue weighted by Gasteiger charge is 2.13. The van der Waals surface area contributed by atoms with Gasteiger partial charge in [0.25, 0.3) is 0 Å². The number of hydrogen-bond donors (Lipinski definition) is 2. The van der Waals surface area contributed by atoms with Gasteiger partial charge in [-0.1, -0.05) is 18.2 Å². The Morgan fingerprint density at radius 2 is 1.68 bits per heavy atom. The Hall–Kier alpha value is -3.02. The van der Waals surface area contributed by atoms with E-state index >= 15 is 0 Å². The third kappa shape index (κ3) is 5.84. The van der Waals surface area contributed by atoms with Crippen LogP contribution in [0.15, 0.2) is 48.5 Å². The molecule has 0 fully saturated rings. The molecule has 25 heavy (non-hydrogen) atoms. The SMILES string of the molecule is CCOc1ccc(NC(=O)C(=O)NCCOc2ccccc2C)cc1. The highest BCUT2D eigenvalue weighted by atomic mass is 16.5. The zero-order valence-electron chi connectivity index (χ0n) is 14.4. The van der Waals surface area contributed by atoms with Crippen LogP contribution in [0, 0.1) is 6.92 Å². The summed E-state index contributed by atoms with van der Waals surface area (Å²) < 4.78 is 10.9. The van der Waals surface area contributed by atoms with Gasteiger partial charge in [0.15, 0.2) is 0 Å². The first-order valence-corrected chi connectivity index (χ1v) is 8.10. The van der Waals surface area contributed by atoms with Gasteiger partial charge in [0.1, 0.15) is 18.1 Å². The molecule has 2 amide bonds. The maximum atomic E-state index is 11.8. The number of rotatable bonds is 7. The van der Waals surface area contributed by atoms with Gasteiger partial charge in [-0.3, -0.25) is 9.59 Å². The van der Waals surface area contributed by atoms with Gasteiger partial charge >= 0.3 is 11.8 Å². The van der Waals surface area contributed by atoms with Crippen molar-refractivity contribution in [2.75, 3.05) is 25.1 Å². The van der Waals surface area contributed by atoms with Gasteiger partial charge in [0.05, 0.1) is 13.2 Å². The summed E-state index contributed by atoms with van der Waals surface area (Å²) in [5.74, 6) is 0.0382. The molecule has 6 heteroatoms. The molecule has 132 valence electrons. The molecular weight excluding hydrogens is 320 g/mol. The van der Waals surface area contributed by atoms with Gasteiger partial charge in [0.2, 0.25) is 0 Å². The van der Waals surface area contributed by atoms with Crippen LogP contribution in [-0.2, 0) is 9.59 Å². The number of nitrogens with one attached hydrogen (secondary N) is 2. The summed E-state index contributed by atoms with van der Waals surface area (Å²) in [6, 6.07) is 14.4. The average Bonchev–Trinajstić information content (AvgIpc) is 2.61. The quantitative estimate of drug-likeness (QED) is 0.599. The van der Waals surface area contributed by atoms with Crippen LogP contribution in [-0.4, -0.2) is 31.6 Å². The number of benzene rings is 2. The first-order chi connectivity index (χ1) is 12.1. The lowest BCUT2D eigenvalue weighted by atomic mass is 10.2. The Kier molecular flexibility index (Phi) is 6.83. The van der Waals surface area contributed by atoms with Crippen LogP contribution >= 0.6 is 0 Å². The molecule has 0 atom stereocenters. The Morgan fingerprint density at radius 3 is 2.36 bits per heavy atom. The lowest BCUT2D eigenvalue weighted by Gasteiger charge is -2.10. The standard InChI is InChI=1S/C19H22N2O4/c1-3-24-16-10-8-15(9-11-16)21-19(23)18(22)20-12-13-25-17-7-5-4-6-14(17)2/h4-11H,3,12-13H2,1-2H3,(H,20,22)(H,21,23). The van der Waals surface area contributed by atoms with Crippen molar-refractivity contribution in [3.05, 3.63) is 54.1 Å². The number of ether oxygens (including phenoxy) is 2. The van der Waals surface area contributed by atoms with Gasteiger partial charge in [-0.2, -0.15) is 0 Å². The molecule has 6 nitrogen and oxygen atoms in total. The Balaban J connectivity index is 1.73. The fourth-order valence-corrected chi connectivity index (χ4v) is 2.11. The van der Waals surface area contributed by atoms with Crippen LogP contribution in [0.25, 0.3) is 0 Å². The summed E-state index contributed by atoms with van der Waals surface area (Å²) in [5.41, 5.74) is 1.54. The van der Waals surface area contributed by atoms with Crippen molar-refractivity contribution in [3.8, 4) is 11.5 Å². The summed E-state index contributed by atoms with van der Waals surface area (Å²) in [5, 5.41) is 5.05. The molecule has 0 bridgehead atoms. The normalized spacial score (nSPS) is 10.0. The van der Waals surface area contributed by atoms with E-state index in [2.05, 4.69) is 10.6 Å². The predicted molar refractivity (Wildman–Crippen MR) is 95.9 cm³/mol. The first kappa shape index (κ1) is 18.3. The van der Waals surface area contributed by atoms with Crippen LogP contribution in [0.3, 0.4) is 0 Å². The largest absolute Gasteiger partial charge is 0.494 e. The molecule has 0 radical (unpaired) electrons. The second-order valence-electron chi connectivity index (χ2n) is 5.28. The summed E-state index contributed by atoms with van der Waals surface area (Å²) in [4.78, 5) is 23.6. The smallest absolute Gasteiger partial charge is 0.313 e. The van der Waals surface area contributed by atoms with E-state index in [-0.39, 0.29) is 13.2 Å². The van der Waals surface area contributed by atoms with Crippen LogP contribution in [0.4, 0.5) is 5.69 Å². The Labute approximate surface area is 147 Å². The molecule has 0 unspecified atom stereocenters. The number of hydrogen-bond acceptors (Lipinski definition) is 4. The molecule has 2 aromatic carbocycles. The van der Waals surface area contributed by atoms with Gasteiger partial charge in [0, 0.05) is 5.69 Å². The minimum atomic E-state index is -0.722. The zero-order chi connectivity index (χ0) is 18.1. The fourth-order valence-electron chi connectivity index (χ4n) is 2.11. The van der Waals surface area contributed by atoms with E-state index < -0.39 is 11.8 Å². The molecule has 0 saturated heterocycles. The molecule has 0 saturated carbocycles. The molecule has 2 rings (SSSR count). The van der Waals surface area contributed by atoms with Crippen molar-refractivity contribution < 1.29 is 19.1 Å².